The van der Waals surface area contributed by atoms with Crippen LogP contribution in [-0.2, 0) is 9.59 Å². The molecule has 0 radical (unpaired) electrons. The monoisotopic (exact) mass is 360 g/mol. The number of amides is 2. The largest absolute Gasteiger partial charge is 0.497 e. The van der Waals surface area contributed by atoms with E-state index in [4.69, 9.17) is 9.47 Å². The first-order chi connectivity index (χ1) is 12.6. The molecule has 1 aliphatic heterocycles. The number of hydrogen-bond donors (Lipinski definition) is 2. The third-order valence-corrected chi connectivity index (χ3v) is 5.60. The van der Waals surface area contributed by atoms with Gasteiger partial charge in [-0.3, -0.25) is 9.59 Å². The normalized spacial score (nSPS) is 27.8. The fourth-order valence-corrected chi connectivity index (χ4v) is 4.27. The van der Waals surface area contributed by atoms with Crippen LogP contribution in [0.15, 0.2) is 24.3 Å². The number of nitrogens with one attached hydrogen (secondary N) is 2. The highest BCUT2D eigenvalue weighted by atomic mass is 16.5. The minimum absolute atomic E-state index is 0.0261. The second-order valence-electron chi connectivity index (χ2n) is 7.26. The molecule has 6 heteroatoms. The Hall–Kier alpha value is -2.24. The number of benzene rings is 1. The summed E-state index contributed by atoms with van der Waals surface area (Å²) in [6.07, 6.45) is 4.49. The fourth-order valence-electron chi connectivity index (χ4n) is 4.27. The van der Waals surface area contributed by atoms with Gasteiger partial charge < -0.3 is 20.1 Å². The van der Waals surface area contributed by atoms with Gasteiger partial charge >= 0.3 is 0 Å². The van der Waals surface area contributed by atoms with Gasteiger partial charge in [0.2, 0.25) is 5.91 Å². The number of carbonyl (C=O) groups excluding carboxylic acids is 2. The summed E-state index contributed by atoms with van der Waals surface area (Å²) >= 11 is 0. The van der Waals surface area contributed by atoms with Gasteiger partial charge in [-0.25, -0.2) is 0 Å². The van der Waals surface area contributed by atoms with Crippen molar-refractivity contribution in [2.24, 2.45) is 11.8 Å². The minimum Gasteiger partial charge on any atom is -0.497 e. The number of carbonyl (C=O) groups is 2. The average molecular weight is 360 g/mol. The summed E-state index contributed by atoms with van der Waals surface area (Å²) in [7, 11) is 1.59. The number of ether oxygens (including phenoxy) is 2. The van der Waals surface area contributed by atoms with Crippen molar-refractivity contribution >= 4 is 11.8 Å². The van der Waals surface area contributed by atoms with Crippen LogP contribution in [-0.4, -0.2) is 37.6 Å². The van der Waals surface area contributed by atoms with Gasteiger partial charge in [-0.05, 0) is 43.2 Å². The molecule has 0 spiro atoms. The van der Waals surface area contributed by atoms with Crippen LogP contribution < -0.4 is 20.1 Å². The SMILES string of the molecule is CCC1CC(=O)NC2CC(NC(=O)COc3cccc(OC)c3)CCC12. The van der Waals surface area contributed by atoms with E-state index in [1.165, 1.54) is 0 Å². The summed E-state index contributed by atoms with van der Waals surface area (Å²) in [6, 6.07) is 7.47. The zero-order chi connectivity index (χ0) is 18.5. The maximum Gasteiger partial charge on any atom is 0.258 e. The molecule has 1 aromatic carbocycles. The van der Waals surface area contributed by atoms with Gasteiger partial charge in [-0.15, -0.1) is 0 Å². The molecular formula is C20H28N2O4. The predicted molar refractivity (Wildman–Crippen MR) is 98.1 cm³/mol. The second kappa shape index (κ2) is 8.43. The maximum atomic E-state index is 12.2. The lowest BCUT2D eigenvalue weighted by atomic mass is 9.70. The summed E-state index contributed by atoms with van der Waals surface area (Å²) in [5.74, 6) is 2.32. The quantitative estimate of drug-likeness (QED) is 0.816. The molecule has 0 aromatic heterocycles. The van der Waals surface area contributed by atoms with Crippen LogP contribution in [0.2, 0.25) is 0 Å². The molecule has 142 valence electrons. The van der Waals surface area contributed by atoms with Crippen LogP contribution in [0.3, 0.4) is 0 Å². The molecule has 2 aliphatic rings. The molecule has 2 N–H and O–H groups in total. The predicted octanol–water partition coefficient (Wildman–Crippen LogP) is 2.27. The van der Waals surface area contributed by atoms with Crippen molar-refractivity contribution in [3.8, 4) is 11.5 Å². The van der Waals surface area contributed by atoms with E-state index in [1.807, 2.05) is 12.1 Å². The standard InChI is InChI=1S/C20H28N2O4/c1-3-13-9-19(23)22-18-10-14(7-8-17(13)18)21-20(24)12-26-16-6-4-5-15(11-16)25-2/h4-6,11,13-14,17-18H,3,7-10,12H2,1-2H3,(H,21,24)(H,22,23). The van der Waals surface area contributed by atoms with Crippen LogP contribution in [0, 0.1) is 11.8 Å². The average Bonchev–Trinajstić information content (AvgIpc) is 2.65. The van der Waals surface area contributed by atoms with Crippen molar-refractivity contribution in [2.45, 2.75) is 51.1 Å². The summed E-state index contributed by atoms with van der Waals surface area (Å²) in [5, 5.41) is 6.17. The lowest BCUT2D eigenvalue weighted by Gasteiger charge is -2.44. The lowest BCUT2D eigenvalue weighted by Crippen LogP contribution is -2.55. The molecular weight excluding hydrogens is 332 g/mol. The molecule has 4 unspecified atom stereocenters. The Kier molecular flexibility index (Phi) is 6.01. The molecule has 26 heavy (non-hydrogen) atoms. The molecule has 1 aliphatic carbocycles. The highest BCUT2D eigenvalue weighted by molar-refractivity contribution is 5.78. The van der Waals surface area contributed by atoms with Gasteiger partial charge in [0.25, 0.3) is 5.91 Å². The molecule has 4 atom stereocenters. The van der Waals surface area contributed by atoms with Gasteiger partial charge in [0, 0.05) is 24.6 Å². The van der Waals surface area contributed by atoms with E-state index in [0.29, 0.717) is 29.8 Å². The topological polar surface area (TPSA) is 76.7 Å². The third-order valence-electron chi connectivity index (χ3n) is 5.60. The highest BCUT2D eigenvalue weighted by Crippen LogP contribution is 2.36. The van der Waals surface area contributed by atoms with Crippen molar-refractivity contribution in [3.63, 3.8) is 0 Å². The summed E-state index contributed by atoms with van der Waals surface area (Å²) in [5.41, 5.74) is 0. The van der Waals surface area contributed by atoms with E-state index in [9.17, 15) is 9.59 Å². The molecule has 2 amide bonds. The fraction of sp³-hybridized carbons (Fsp3) is 0.600. The number of hydrogen-bond acceptors (Lipinski definition) is 4. The van der Waals surface area contributed by atoms with Crippen LogP contribution in [0.25, 0.3) is 0 Å². The van der Waals surface area contributed by atoms with E-state index in [2.05, 4.69) is 17.6 Å². The van der Waals surface area contributed by atoms with Gasteiger partial charge in [0.1, 0.15) is 11.5 Å². The highest BCUT2D eigenvalue weighted by Gasteiger charge is 2.40. The summed E-state index contributed by atoms with van der Waals surface area (Å²) in [4.78, 5) is 24.1. The van der Waals surface area contributed by atoms with Crippen molar-refractivity contribution < 1.29 is 19.1 Å². The van der Waals surface area contributed by atoms with Crippen LogP contribution in [0.1, 0.15) is 39.0 Å². The first kappa shape index (κ1) is 18.5. The third kappa shape index (κ3) is 4.48. The van der Waals surface area contributed by atoms with Gasteiger partial charge in [0.15, 0.2) is 6.61 Å². The molecule has 2 fully saturated rings. The van der Waals surface area contributed by atoms with E-state index in [-0.39, 0.29) is 30.5 Å². The van der Waals surface area contributed by atoms with E-state index >= 15 is 0 Å². The Labute approximate surface area is 154 Å². The maximum absolute atomic E-state index is 12.2. The van der Waals surface area contributed by atoms with Gasteiger partial charge in [0.05, 0.1) is 7.11 Å². The van der Waals surface area contributed by atoms with Crippen molar-refractivity contribution in [1.82, 2.24) is 10.6 Å². The van der Waals surface area contributed by atoms with Crippen molar-refractivity contribution in [1.29, 1.82) is 0 Å². The molecule has 1 saturated carbocycles. The van der Waals surface area contributed by atoms with Crippen LogP contribution >= 0.6 is 0 Å². The molecule has 1 heterocycles. The summed E-state index contributed by atoms with van der Waals surface area (Å²) in [6.45, 7) is 2.13. The zero-order valence-corrected chi connectivity index (χ0v) is 15.5. The zero-order valence-electron chi connectivity index (χ0n) is 15.5. The van der Waals surface area contributed by atoms with E-state index < -0.39 is 0 Å². The Balaban J connectivity index is 1.48. The number of piperidine rings is 1. The number of rotatable bonds is 6. The molecule has 6 nitrogen and oxygen atoms in total. The van der Waals surface area contributed by atoms with E-state index in [0.717, 1.165) is 25.7 Å². The number of methoxy groups -OCH3 is 1. The first-order valence-corrected chi connectivity index (χ1v) is 9.44. The Morgan fingerprint density at radius 2 is 2.12 bits per heavy atom. The van der Waals surface area contributed by atoms with E-state index in [1.54, 1.807) is 19.2 Å². The minimum atomic E-state index is -0.134. The van der Waals surface area contributed by atoms with Crippen molar-refractivity contribution in [2.75, 3.05) is 13.7 Å². The smallest absolute Gasteiger partial charge is 0.258 e. The Morgan fingerprint density at radius 1 is 1.31 bits per heavy atom. The Bertz CT molecular complexity index is 648. The van der Waals surface area contributed by atoms with Crippen molar-refractivity contribution in [3.05, 3.63) is 24.3 Å². The van der Waals surface area contributed by atoms with Crippen LogP contribution in [0.5, 0.6) is 11.5 Å². The second-order valence-corrected chi connectivity index (χ2v) is 7.26. The molecule has 0 bridgehead atoms. The number of fused-ring (bicyclic) bond motifs is 1. The molecule has 1 aromatic rings. The summed E-state index contributed by atoms with van der Waals surface area (Å²) < 4.78 is 10.7. The van der Waals surface area contributed by atoms with Crippen LogP contribution in [0.4, 0.5) is 0 Å². The molecule has 3 rings (SSSR count). The molecule has 1 saturated heterocycles. The van der Waals surface area contributed by atoms with Gasteiger partial charge in [-0.1, -0.05) is 19.4 Å². The first-order valence-electron chi connectivity index (χ1n) is 9.44. The Morgan fingerprint density at radius 3 is 2.88 bits per heavy atom. The van der Waals surface area contributed by atoms with Gasteiger partial charge in [-0.2, -0.15) is 0 Å². The lowest BCUT2D eigenvalue weighted by molar-refractivity contribution is -0.127.